The first-order chi connectivity index (χ1) is 13.3. The van der Waals surface area contributed by atoms with Gasteiger partial charge in [0.15, 0.2) is 0 Å². The van der Waals surface area contributed by atoms with Crippen LogP contribution in [-0.2, 0) is 9.59 Å². The van der Waals surface area contributed by atoms with Crippen LogP contribution >= 0.6 is 11.3 Å². The minimum atomic E-state index is -0.745. The van der Waals surface area contributed by atoms with E-state index in [9.17, 15) is 14.4 Å². The van der Waals surface area contributed by atoms with Crippen LogP contribution in [0.1, 0.15) is 53.5 Å². The summed E-state index contributed by atoms with van der Waals surface area (Å²) in [5.74, 6) is -1.46. The molecule has 3 amide bonds. The molecule has 6 nitrogen and oxygen atoms in total. The number of hydrogen-bond donors (Lipinski definition) is 3. The number of nitrogens with one attached hydrogen (secondary N) is 3. The topological polar surface area (TPSA) is 87.3 Å². The van der Waals surface area contributed by atoms with Crippen molar-refractivity contribution < 1.29 is 14.4 Å². The molecular weight excluding hydrogens is 374 g/mol. The van der Waals surface area contributed by atoms with Crippen LogP contribution in [0.5, 0.6) is 0 Å². The number of rotatable bonds is 6. The van der Waals surface area contributed by atoms with E-state index in [4.69, 9.17) is 0 Å². The van der Waals surface area contributed by atoms with Crippen molar-refractivity contribution in [2.75, 3.05) is 5.32 Å². The van der Waals surface area contributed by atoms with Crippen molar-refractivity contribution in [3.05, 3.63) is 51.7 Å². The first-order valence-electron chi connectivity index (χ1n) is 9.42. The Morgan fingerprint density at radius 1 is 1.11 bits per heavy atom. The molecule has 0 spiro atoms. The van der Waals surface area contributed by atoms with Crippen LogP contribution in [0.25, 0.3) is 0 Å². The number of carbonyl (C=O) groups excluding carboxylic acids is 3. The van der Waals surface area contributed by atoms with E-state index in [0.29, 0.717) is 11.3 Å². The molecule has 1 aromatic carbocycles. The average molecular weight is 400 g/mol. The molecule has 3 rings (SSSR count). The number of anilines is 1. The molecule has 1 unspecified atom stereocenters. The molecule has 148 valence electrons. The summed E-state index contributed by atoms with van der Waals surface area (Å²) >= 11 is 1.54. The van der Waals surface area contributed by atoms with E-state index in [-0.39, 0.29) is 23.9 Å². The van der Waals surface area contributed by atoms with E-state index in [1.54, 1.807) is 29.5 Å². The number of aryl methyl sites for hydroxylation is 1. The van der Waals surface area contributed by atoms with Crippen LogP contribution in [0.2, 0.25) is 0 Å². The molecule has 0 aliphatic heterocycles. The Hall–Kier alpha value is -2.67. The van der Waals surface area contributed by atoms with Crippen molar-refractivity contribution in [2.45, 2.75) is 45.7 Å². The Balaban J connectivity index is 1.67. The molecule has 0 saturated heterocycles. The smallest absolute Gasteiger partial charge is 0.313 e. The molecule has 1 saturated carbocycles. The number of carbonyl (C=O) groups is 3. The normalized spacial score (nSPS) is 14.4. The second-order valence-electron chi connectivity index (χ2n) is 7.44. The molecule has 0 bridgehead atoms. The highest BCUT2D eigenvalue weighted by molar-refractivity contribution is 7.10. The zero-order valence-corrected chi connectivity index (χ0v) is 17.1. The first-order valence-corrected chi connectivity index (χ1v) is 10.3. The van der Waals surface area contributed by atoms with E-state index >= 15 is 0 Å². The van der Waals surface area contributed by atoms with Gasteiger partial charge in [0.25, 0.3) is 5.91 Å². The zero-order valence-electron chi connectivity index (χ0n) is 16.2. The van der Waals surface area contributed by atoms with Gasteiger partial charge in [-0.2, -0.15) is 0 Å². The molecular formula is C21H25N3O3S. The third-order valence-corrected chi connectivity index (χ3v) is 5.63. The van der Waals surface area contributed by atoms with Gasteiger partial charge in [0, 0.05) is 22.2 Å². The highest BCUT2D eigenvalue weighted by Crippen LogP contribution is 2.26. The Morgan fingerprint density at radius 3 is 2.46 bits per heavy atom. The second-order valence-corrected chi connectivity index (χ2v) is 8.42. The summed E-state index contributed by atoms with van der Waals surface area (Å²) in [5, 5.41) is 10.3. The molecule has 1 heterocycles. The molecule has 0 radical (unpaired) electrons. The second kappa shape index (κ2) is 8.56. The van der Waals surface area contributed by atoms with E-state index in [1.165, 1.54) is 0 Å². The number of thiophene rings is 1. The number of benzene rings is 1. The van der Waals surface area contributed by atoms with Crippen LogP contribution in [0.15, 0.2) is 35.7 Å². The maximum Gasteiger partial charge on any atom is 0.313 e. The lowest BCUT2D eigenvalue weighted by atomic mass is 10.0. The standard InChI is InChI=1S/C21H25N3O3S/c1-12(2)18(17-5-4-10-28-17)24-21(27)20(26)23-16-11-14(7-6-13(16)3)19(25)22-15-8-9-15/h4-7,10-12,15,18H,8-9H2,1-3H3,(H,22,25)(H,23,26)(H,24,27). The summed E-state index contributed by atoms with van der Waals surface area (Å²) in [5.41, 5.74) is 1.70. The van der Waals surface area contributed by atoms with Crippen LogP contribution < -0.4 is 16.0 Å². The highest BCUT2D eigenvalue weighted by atomic mass is 32.1. The maximum atomic E-state index is 12.4. The van der Waals surface area contributed by atoms with Gasteiger partial charge in [-0.1, -0.05) is 26.0 Å². The van der Waals surface area contributed by atoms with Gasteiger partial charge in [0.2, 0.25) is 0 Å². The minimum absolute atomic E-state index is 0.145. The molecule has 7 heteroatoms. The van der Waals surface area contributed by atoms with Gasteiger partial charge in [0.1, 0.15) is 0 Å². The predicted molar refractivity (Wildman–Crippen MR) is 110 cm³/mol. The maximum absolute atomic E-state index is 12.4. The van der Waals surface area contributed by atoms with Crippen molar-refractivity contribution in [3.63, 3.8) is 0 Å². The van der Waals surface area contributed by atoms with Gasteiger partial charge in [-0.25, -0.2) is 0 Å². The fourth-order valence-corrected chi connectivity index (χ4v) is 3.76. The lowest BCUT2D eigenvalue weighted by Gasteiger charge is -2.21. The van der Waals surface area contributed by atoms with Gasteiger partial charge < -0.3 is 16.0 Å². The molecule has 28 heavy (non-hydrogen) atoms. The summed E-state index contributed by atoms with van der Waals surface area (Å²) in [6.45, 7) is 5.81. The fourth-order valence-electron chi connectivity index (χ4n) is 2.81. The number of hydrogen-bond acceptors (Lipinski definition) is 4. The minimum Gasteiger partial charge on any atom is -0.349 e. The molecule has 2 aromatic rings. The fraction of sp³-hybridized carbons (Fsp3) is 0.381. The van der Waals surface area contributed by atoms with Gasteiger partial charge in [-0.05, 0) is 54.8 Å². The quantitative estimate of drug-likeness (QED) is 0.651. The van der Waals surface area contributed by atoms with Gasteiger partial charge >= 0.3 is 11.8 Å². The summed E-state index contributed by atoms with van der Waals surface area (Å²) in [4.78, 5) is 38.1. The molecule has 1 aliphatic carbocycles. The Labute approximate surface area is 168 Å². The van der Waals surface area contributed by atoms with Crippen molar-refractivity contribution in [3.8, 4) is 0 Å². The van der Waals surface area contributed by atoms with E-state index in [0.717, 1.165) is 23.3 Å². The monoisotopic (exact) mass is 399 g/mol. The van der Waals surface area contributed by atoms with Crippen molar-refractivity contribution in [1.82, 2.24) is 10.6 Å². The predicted octanol–water partition coefficient (Wildman–Crippen LogP) is 3.40. The zero-order chi connectivity index (χ0) is 20.3. The summed E-state index contributed by atoms with van der Waals surface area (Å²) in [6.07, 6.45) is 2.01. The average Bonchev–Trinajstić information content (AvgIpc) is 3.30. The molecule has 1 atom stereocenters. The Kier molecular flexibility index (Phi) is 6.14. The SMILES string of the molecule is Cc1ccc(C(=O)NC2CC2)cc1NC(=O)C(=O)NC(c1cccs1)C(C)C. The van der Waals surface area contributed by atoms with E-state index in [2.05, 4.69) is 16.0 Å². The van der Waals surface area contributed by atoms with Gasteiger partial charge in [-0.15, -0.1) is 11.3 Å². The van der Waals surface area contributed by atoms with Crippen LogP contribution in [0.3, 0.4) is 0 Å². The Bertz CT molecular complexity index is 873. The molecule has 1 fully saturated rings. The first kappa shape index (κ1) is 20.1. The van der Waals surface area contributed by atoms with E-state index < -0.39 is 11.8 Å². The van der Waals surface area contributed by atoms with Crippen molar-refractivity contribution in [2.24, 2.45) is 5.92 Å². The lowest BCUT2D eigenvalue weighted by molar-refractivity contribution is -0.136. The van der Waals surface area contributed by atoms with Crippen molar-refractivity contribution >= 4 is 34.7 Å². The van der Waals surface area contributed by atoms with Crippen LogP contribution in [0, 0.1) is 12.8 Å². The Morgan fingerprint density at radius 2 is 1.86 bits per heavy atom. The highest BCUT2D eigenvalue weighted by Gasteiger charge is 2.25. The summed E-state index contributed by atoms with van der Waals surface area (Å²) in [6, 6.07) is 8.98. The summed E-state index contributed by atoms with van der Waals surface area (Å²) in [7, 11) is 0. The summed E-state index contributed by atoms with van der Waals surface area (Å²) < 4.78 is 0. The molecule has 3 N–H and O–H groups in total. The van der Waals surface area contributed by atoms with Gasteiger partial charge in [0.05, 0.1) is 6.04 Å². The third-order valence-electron chi connectivity index (χ3n) is 4.67. The third kappa shape index (κ3) is 4.98. The van der Waals surface area contributed by atoms with Crippen molar-refractivity contribution in [1.29, 1.82) is 0 Å². The van der Waals surface area contributed by atoms with E-state index in [1.807, 2.05) is 38.3 Å². The van der Waals surface area contributed by atoms with Crippen LogP contribution in [-0.4, -0.2) is 23.8 Å². The largest absolute Gasteiger partial charge is 0.349 e. The number of amides is 3. The molecule has 1 aliphatic rings. The molecule has 1 aromatic heterocycles. The van der Waals surface area contributed by atoms with Crippen LogP contribution in [0.4, 0.5) is 5.69 Å². The lowest BCUT2D eigenvalue weighted by Crippen LogP contribution is -2.39. The van der Waals surface area contributed by atoms with Gasteiger partial charge in [-0.3, -0.25) is 14.4 Å².